The van der Waals surface area contributed by atoms with Crippen LogP contribution in [0.25, 0.3) is 5.57 Å². The molecule has 1 aliphatic rings. The SMILES string of the molecule is Cc1ccccc1N(C)C(=O)c1cc(C2=C(C#N)C=CN(C(F)(F)F)C2)c(Cl)cc1OCCCC(=O)O. The molecule has 194 valence electrons. The summed E-state index contributed by atoms with van der Waals surface area (Å²) in [6.07, 6.45) is -2.87. The zero-order valence-corrected chi connectivity index (χ0v) is 20.7. The number of para-hydroxylation sites is 1. The fraction of sp³-hybridized carbons (Fsp3) is 0.269. The predicted molar refractivity (Wildman–Crippen MR) is 132 cm³/mol. The maximum Gasteiger partial charge on any atom is 0.484 e. The van der Waals surface area contributed by atoms with Gasteiger partial charge in [0.1, 0.15) is 5.75 Å². The highest BCUT2D eigenvalue weighted by Gasteiger charge is 2.38. The molecule has 2 aromatic carbocycles. The molecule has 0 radical (unpaired) electrons. The Kier molecular flexibility index (Phi) is 8.50. The van der Waals surface area contributed by atoms with Crippen molar-refractivity contribution in [3.8, 4) is 11.8 Å². The fourth-order valence-electron chi connectivity index (χ4n) is 3.79. The van der Waals surface area contributed by atoms with Gasteiger partial charge >= 0.3 is 12.3 Å². The predicted octanol–water partition coefficient (Wildman–Crippen LogP) is 5.79. The number of halogens is 4. The molecule has 0 aliphatic carbocycles. The summed E-state index contributed by atoms with van der Waals surface area (Å²) in [5.41, 5.74) is 1.46. The number of alkyl halides is 3. The number of anilines is 1. The van der Waals surface area contributed by atoms with Gasteiger partial charge in [0, 0.05) is 37.0 Å². The molecule has 0 spiro atoms. The summed E-state index contributed by atoms with van der Waals surface area (Å²) in [5, 5.41) is 18.4. The number of benzene rings is 2. The summed E-state index contributed by atoms with van der Waals surface area (Å²) in [4.78, 5) is 25.9. The van der Waals surface area contributed by atoms with Gasteiger partial charge in [-0.25, -0.2) is 0 Å². The van der Waals surface area contributed by atoms with Crippen LogP contribution in [0.3, 0.4) is 0 Å². The average Bonchev–Trinajstić information content (AvgIpc) is 2.85. The van der Waals surface area contributed by atoms with Gasteiger partial charge in [-0.2, -0.15) is 18.4 Å². The number of ether oxygens (including phenoxy) is 1. The Morgan fingerprint density at radius 3 is 2.59 bits per heavy atom. The zero-order valence-electron chi connectivity index (χ0n) is 20.0. The first-order chi connectivity index (χ1) is 17.4. The molecule has 7 nitrogen and oxygen atoms in total. The van der Waals surface area contributed by atoms with Gasteiger partial charge in [-0.3, -0.25) is 14.5 Å². The van der Waals surface area contributed by atoms with Crippen molar-refractivity contribution in [2.75, 3.05) is 25.1 Å². The molecule has 1 N–H and O–H groups in total. The Hall–Kier alpha value is -3.97. The molecule has 1 aliphatic heterocycles. The van der Waals surface area contributed by atoms with E-state index in [9.17, 15) is 28.0 Å². The molecule has 0 saturated heterocycles. The van der Waals surface area contributed by atoms with Gasteiger partial charge in [-0.1, -0.05) is 29.8 Å². The van der Waals surface area contributed by atoms with E-state index in [0.717, 1.165) is 17.8 Å². The van der Waals surface area contributed by atoms with Crippen LogP contribution in [0.2, 0.25) is 5.02 Å². The van der Waals surface area contributed by atoms with Gasteiger partial charge < -0.3 is 14.7 Å². The van der Waals surface area contributed by atoms with Crippen LogP contribution in [-0.2, 0) is 4.79 Å². The number of carbonyl (C=O) groups excluding carboxylic acids is 1. The summed E-state index contributed by atoms with van der Waals surface area (Å²) in [7, 11) is 1.54. The summed E-state index contributed by atoms with van der Waals surface area (Å²) in [6.45, 7) is 1.11. The second-order valence-corrected chi connectivity index (χ2v) is 8.65. The van der Waals surface area contributed by atoms with E-state index in [1.165, 1.54) is 17.0 Å². The fourth-order valence-corrected chi connectivity index (χ4v) is 4.06. The minimum atomic E-state index is -4.69. The number of amides is 1. The second kappa shape index (κ2) is 11.4. The summed E-state index contributed by atoms with van der Waals surface area (Å²) < 4.78 is 45.9. The number of carboxylic acid groups (broad SMARTS) is 1. The van der Waals surface area contributed by atoms with E-state index in [-0.39, 0.29) is 57.4 Å². The van der Waals surface area contributed by atoms with Gasteiger partial charge in [0.05, 0.1) is 35.4 Å². The molecule has 1 heterocycles. The van der Waals surface area contributed by atoms with E-state index in [4.69, 9.17) is 21.4 Å². The van der Waals surface area contributed by atoms with Gasteiger partial charge in [0.2, 0.25) is 0 Å². The number of aliphatic carboxylic acids is 1. The maximum absolute atomic E-state index is 13.6. The molecule has 2 aromatic rings. The van der Waals surface area contributed by atoms with Crippen LogP contribution in [0.4, 0.5) is 18.9 Å². The molecule has 0 bridgehead atoms. The van der Waals surface area contributed by atoms with Gasteiger partial charge in [-0.05, 0) is 42.7 Å². The smallest absolute Gasteiger partial charge is 0.484 e. The molecular formula is C26H23ClF3N3O4. The first-order valence-electron chi connectivity index (χ1n) is 11.1. The molecule has 3 rings (SSSR count). The van der Waals surface area contributed by atoms with E-state index in [0.29, 0.717) is 5.69 Å². The molecule has 0 unspecified atom stereocenters. The lowest BCUT2D eigenvalue weighted by atomic mass is 9.95. The van der Waals surface area contributed by atoms with Crippen molar-refractivity contribution < 1.29 is 32.6 Å². The van der Waals surface area contributed by atoms with Crippen LogP contribution >= 0.6 is 11.6 Å². The molecule has 0 atom stereocenters. The lowest BCUT2D eigenvalue weighted by Gasteiger charge is -2.28. The van der Waals surface area contributed by atoms with Crippen molar-refractivity contribution in [3.05, 3.63) is 76.0 Å². The van der Waals surface area contributed by atoms with Crippen LogP contribution < -0.4 is 9.64 Å². The van der Waals surface area contributed by atoms with E-state index in [1.54, 1.807) is 19.2 Å². The van der Waals surface area contributed by atoms with Gasteiger partial charge in [0.15, 0.2) is 0 Å². The number of carboxylic acids is 1. The lowest BCUT2D eigenvalue weighted by molar-refractivity contribution is -0.223. The zero-order chi connectivity index (χ0) is 27.3. The summed E-state index contributed by atoms with van der Waals surface area (Å²) in [6, 6.07) is 11.6. The standard InChI is InChI=1S/C26H23ClF3N3O4/c1-16-6-3-4-7-22(16)32(2)25(36)19-12-18(21(27)13-23(19)37-11-5-8-24(34)35)20-15-33(26(28,29)30)10-9-17(20)14-31/h3-4,6-7,9-10,12-13H,5,8,11,15H2,1-2H3,(H,34,35). The topological polar surface area (TPSA) is 93.9 Å². The van der Waals surface area contributed by atoms with Crippen molar-refractivity contribution in [1.82, 2.24) is 4.90 Å². The van der Waals surface area contributed by atoms with Crippen molar-refractivity contribution >= 4 is 34.7 Å². The van der Waals surface area contributed by atoms with Gasteiger partial charge in [0.25, 0.3) is 5.91 Å². The molecular weight excluding hydrogens is 511 g/mol. The number of hydrogen-bond donors (Lipinski definition) is 1. The van der Waals surface area contributed by atoms with E-state index in [1.807, 2.05) is 25.1 Å². The minimum absolute atomic E-state index is 0.00150. The Labute approximate surface area is 216 Å². The molecule has 0 saturated carbocycles. The number of aryl methyl sites for hydroxylation is 1. The number of carbonyl (C=O) groups is 2. The van der Waals surface area contributed by atoms with E-state index < -0.39 is 24.7 Å². The summed E-state index contributed by atoms with van der Waals surface area (Å²) in [5.74, 6) is -1.50. The highest BCUT2D eigenvalue weighted by molar-refractivity contribution is 6.33. The van der Waals surface area contributed by atoms with Crippen LogP contribution in [-0.4, -0.2) is 48.4 Å². The highest BCUT2D eigenvalue weighted by Crippen LogP contribution is 2.38. The first kappa shape index (κ1) is 27.6. The number of allylic oxidation sites excluding steroid dienone is 2. The quantitative estimate of drug-likeness (QED) is 0.341. The third-order valence-corrected chi connectivity index (χ3v) is 6.03. The Morgan fingerprint density at radius 2 is 1.97 bits per heavy atom. The van der Waals surface area contributed by atoms with Crippen molar-refractivity contribution in [1.29, 1.82) is 5.26 Å². The second-order valence-electron chi connectivity index (χ2n) is 8.24. The van der Waals surface area contributed by atoms with Crippen LogP contribution in [0.15, 0.2) is 54.2 Å². The van der Waals surface area contributed by atoms with Crippen LogP contribution in [0, 0.1) is 18.3 Å². The lowest BCUT2D eigenvalue weighted by Crippen LogP contribution is -2.36. The van der Waals surface area contributed by atoms with Crippen molar-refractivity contribution in [2.45, 2.75) is 26.1 Å². The number of hydrogen-bond acceptors (Lipinski definition) is 5. The normalized spacial score (nSPS) is 13.4. The molecule has 11 heteroatoms. The average molecular weight is 534 g/mol. The van der Waals surface area contributed by atoms with Crippen LogP contribution in [0.5, 0.6) is 5.75 Å². The number of rotatable bonds is 8. The maximum atomic E-state index is 13.6. The molecule has 0 aromatic heterocycles. The van der Waals surface area contributed by atoms with Crippen molar-refractivity contribution in [3.63, 3.8) is 0 Å². The Morgan fingerprint density at radius 1 is 1.27 bits per heavy atom. The third-order valence-electron chi connectivity index (χ3n) is 5.72. The number of nitrogens with zero attached hydrogens (tertiary/aromatic N) is 3. The van der Waals surface area contributed by atoms with Crippen LogP contribution in [0.1, 0.15) is 34.3 Å². The largest absolute Gasteiger partial charge is 0.493 e. The highest BCUT2D eigenvalue weighted by atomic mass is 35.5. The monoisotopic (exact) mass is 533 g/mol. The first-order valence-corrected chi connectivity index (χ1v) is 11.5. The van der Waals surface area contributed by atoms with E-state index in [2.05, 4.69) is 0 Å². The minimum Gasteiger partial charge on any atom is -0.493 e. The Bertz CT molecular complexity index is 1320. The van der Waals surface area contributed by atoms with Crippen molar-refractivity contribution in [2.24, 2.45) is 0 Å². The molecule has 0 fully saturated rings. The number of nitriles is 1. The molecule has 1 amide bonds. The molecule has 37 heavy (non-hydrogen) atoms. The van der Waals surface area contributed by atoms with Gasteiger partial charge in [-0.15, -0.1) is 0 Å². The Balaban J connectivity index is 2.10. The summed E-state index contributed by atoms with van der Waals surface area (Å²) >= 11 is 6.44. The third kappa shape index (κ3) is 6.43. The van der Waals surface area contributed by atoms with E-state index >= 15 is 0 Å².